The van der Waals surface area contributed by atoms with E-state index in [9.17, 15) is 0 Å². The van der Waals surface area contributed by atoms with Crippen molar-refractivity contribution in [3.05, 3.63) is 90.0 Å². The molecule has 0 atom stereocenters. The summed E-state index contributed by atoms with van der Waals surface area (Å²) in [6.45, 7) is 14.1. The van der Waals surface area contributed by atoms with E-state index in [1.807, 2.05) is 11.8 Å². The first kappa shape index (κ1) is 21.8. The molecule has 0 bridgehead atoms. The highest BCUT2D eigenvalue weighted by Gasteiger charge is 2.40. The number of rotatable bonds is 1. The molecule has 0 aliphatic carbocycles. The first-order valence-electron chi connectivity index (χ1n) is 12.3. The molecular weight excluding hydrogens is 427 g/mol. The van der Waals surface area contributed by atoms with Gasteiger partial charge in [0.2, 0.25) is 6.71 Å². The Balaban J connectivity index is 1.46. The molecule has 4 aromatic rings. The van der Waals surface area contributed by atoms with Crippen LogP contribution in [0, 0.1) is 0 Å². The van der Waals surface area contributed by atoms with E-state index in [2.05, 4.69) is 120 Å². The number of fused-ring (bicyclic) bond motifs is 5. The molecule has 0 radical (unpaired) electrons. The lowest BCUT2D eigenvalue weighted by Gasteiger charge is -2.24. The van der Waals surface area contributed by atoms with Crippen LogP contribution in [-0.4, -0.2) is 6.71 Å². The summed E-state index contributed by atoms with van der Waals surface area (Å²) >= 11 is 1.94. The average Bonchev–Trinajstić information content (AvgIpc) is 3.13. The molecule has 0 saturated carbocycles. The highest BCUT2D eigenvalue weighted by Crippen LogP contribution is 2.39. The van der Waals surface area contributed by atoms with E-state index in [-0.39, 0.29) is 10.8 Å². The molecule has 0 nitrogen and oxygen atoms in total. The van der Waals surface area contributed by atoms with Gasteiger partial charge < -0.3 is 0 Å². The van der Waals surface area contributed by atoms with Crippen molar-refractivity contribution in [3.63, 3.8) is 0 Å². The van der Waals surface area contributed by atoms with Gasteiger partial charge in [-0.3, -0.25) is 0 Å². The Morgan fingerprint density at radius 3 is 1.91 bits per heavy atom. The fourth-order valence-corrected chi connectivity index (χ4v) is 6.68. The van der Waals surface area contributed by atoms with E-state index >= 15 is 0 Å². The second-order valence-electron chi connectivity index (χ2n) is 11.9. The Labute approximate surface area is 208 Å². The molecule has 0 aromatic heterocycles. The van der Waals surface area contributed by atoms with Gasteiger partial charge in [-0.1, -0.05) is 131 Å². The summed E-state index contributed by atoms with van der Waals surface area (Å²) in [7, 11) is 0. The van der Waals surface area contributed by atoms with Gasteiger partial charge in [0.25, 0.3) is 0 Å². The summed E-state index contributed by atoms with van der Waals surface area (Å²) < 4.78 is 0. The van der Waals surface area contributed by atoms with Crippen LogP contribution in [0.4, 0.5) is 0 Å². The summed E-state index contributed by atoms with van der Waals surface area (Å²) in [6.07, 6.45) is 0. The molecule has 0 amide bonds. The van der Waals surface area contributed by atoms with E-state index in [1.54, 1.807) is 0 Å². The molecule has 34 heavy (non-hydrogen) atoms. The Morgan fingerprint density at radius 1 is 0.559 bits per heavy atom. The maximum atomic E-state index is 2.44. The van der Waals surface area contributed by atoms with Crippen LogP contribution in [0.25, 0.3) is 22.3 Å². The van der Waals surface area contributed by atoms with Crippen LogP contribution in [0.5, 0.6) is 0 Å². The van der Waals surface area contributed by atoms with Crippen molar-refractivity contribution in [1.29, 1.82) is 0 Å². The molecule has 2 aliphatic rings. The molecule has 2 heteroatoms. The van der Waals surface area contributed by atoms with Crippen LogP contribution >= 0.6 is 11.8 Å². The number of hydrogen-bond donors (Lipinski definition) is 0. The van der Waals surface area contributed by atoms with Gasteiger partial charge in [0.1, 0.15) is 0 Å². The van der Waals surface area contributed by atoms with Crippen molar-refractivity contribution in [2.75, 3.05) is 0 Å². The number of hydrogen-bond acceptors (Lipinski definition) is 1. The smallest absolute Gasteiger partial charge is 0.0911 e. The van der Waals surface area contributed by atoms with Gasteiger partial charge in [-0.2, -0.15) is 0 Å². The van der Waals surface area contributed by atoms with Crippen LogP contribution in [0.3, 0.4) is 0 Å². The molecule has 0 spiro atoms. The average molecular weight is 458 g/mol. The second-order valence-corrected chi connectivity index (χ2v) is 13.0. The van der Waals surface area contributed by atoms with E-state index in [4.69, 9.17) is 0 Å². The maximum absolute atomic E-state index is 2.44. The summed E-state index contributed by atoms with van der Waals surface area (Å²) in [5.74, 6) is 0. The van der Waals surface area contributed by atoms with E-state index < -0.39 is 0 Å². The predicted molar refractivity (Wildman–Crippen MR) is 150 cm³/mol. The Bertz CT molecular complexity index is 1430. The zero-order valence-electron chi connectivity index (χ0n) is 21.0. The van der Waals surface area contributed by atoms with E-state index in [0.29, 0.717) is 6.71 Å². The molecule has 6 rings (SSSR count). The highest BCUT2D eigenvalue weighted by molar-refractivity contribution is 8.00. The summed E-state index contributed by atoms with van der Waals surface area (Å²) in [5, 5.41) is 0. The first-order valence-corrected chi connectivity index (χ1v) is 13.1. The fraction of sp³-hybridized carbons (Fsp3) is 0.250. The molecule has 0 saturated heterocycles. The van der Waals surface area contributed by atoms with Crippen molar-refractivity contribution >= 4 is 34.9 Å². The minimum atomic E-state index is 0.148. The van der Waals surface area contributed by atoms with Crippen LogP contribution in [-0.2, 0) is 10.8 Å². The third-order valence-electron chi connectivity index (χ3n) is 7.50. The number of benzene rings is 4. The Morgan fingerprint density at radius 2 is 1.21 bits per heavy atom. The van der Waals surface area contributed by atoms with Crippen molar-refractivity contribution < 1.29 is 0 Å². The van der Waals surface area contributed by atoms with Crippen LogP contribution in [0.15, 0.2) is 88.7 Å². The predicted octanol–water partition coefficient (Wildman–Crippen LogP) is 6.91. The normalized spacial score (nSPS) is 14.0. The van der Waals surface area contributed by atoms with Crippen LogP contribution in [0.2, 0.25) is 0 Å². The standard InChI is InChI=1S/C32H31BS/c1-31(2,3)22-13-10-20(11-14-22)21-12-16-27-29(18-21)34-28-9-7-8-24-25-19-23(32(4,5)6)15-17-26(25)33(27)30(24)28/h7-19H,1-6H3. The Kier molecular flexibility index (Phi) is 4.74. The molecule has 0 unspecified atom stereocenters. The molecule has 2 aliphatic heterocycles. The molecule has 4 aromatic carbocycles. The van der Waals surface area contributed by atoms with Crippen molar-refractivity contribution in [1.82, 2.24) is 0 Å². The van der Waals surface area contributed by atoms with Crippen molar-refractivity contribution in [3.8, 4) is 22.3 Å². The minimum absolute atomic E-state index is 0.148. The molecule has 168 valence electrons. The Hall–Kier alpha value is -2.71. The topological polar surface area (TPSA) is 0 Å². The summed E-state index contributed by atoms with van der Waals surface area (Å²) in [4.78, 5) is 2.79. The second kappa shape index (κ2) is 7.39. The van der Waals surface area contributed by atoms with Crippen molar-refractivity contribution in [2.24, 2.45) is 0 Å². The van der Waals surface area contributed by atoms with Gasteiger partial charge in [-0.05, 0) is 61.8 Å². The van der Waals surface area contributed by atoms with Crippen LogP contribution in [0.1, 0.15) is 52.7 Å². The van der Waals surface area contributed by atoms with E-state index in [1.165, 1.54) is 59.6 Å². The quantitative estimate of drug-likeness (QED) is 0.241. The molecule has 0 N–H and O–H groups in total. The zero-order valence-corrected chi connectivity index (χ0v) is 21.8. The zero-order chi connectivity index (χ0) is 23.8. The minimum Gasteiger partial charge on any atom is -0.0911 e. The van der Waals surface area contributed by atoms with Crippen LogP contribution < -0.4 is 16.4 Å². The van der Waals surface area contributed by atoms with Gasteiger partial charge >= 0.3 is 0 Å². The third-order valence-corrected chi connectivity index (χ3v) is 8.65. The van der Waals surface area contributed by atoms with E-state index in [0.717, 1.165) is 0 Å². The largest absolute Gasteiger partial charge is 0.245 e. The SMILES string of the molecule is CC(C)(C)c1ccc(-c2ccc3c(c2)Sc2cccc4c2B3c2ccc(C(C)(C)C)cc2-4)cc1. The lowest BCUT2D eigenvalue weighted by molar-refractivity contribution is 0.590. The molecular formula is C32H31BS. The maximum Gasteiger partial charge on any atom is 0.245 e. The van der Waals surface area contributed by atoms with Gasteiger partial charge in [-0.25, -0.2) is 0 Å². The van der Waals surface area contributed by atoms with Gasteiger partial charge in [0.05, 0.1) is 0 Å². The third kappa shape index (κ3) is 3.38. The summed E-state index contributed by atoms with van der Waals surface area (Å²) in [5.41, 5.74) is 12.9. The first-order chi connectivity index (χ1) is 16.1. The lowest BCUT2D eigenvalue weighted by Crippen LogP contribution is -2.52. The van der Waals surface area contributed by atoms with Gasteiger partial charge in [-0.15, -0.1) is 0 Å². The highest BCUT2D eigenvalue weighted by atomic mass is 32.2. The molecule has 2 heterocycles. The lowest BCUT2D eigenvalue weighted by atomic mass is 9.38. The van der Waals surface area contributed by atoms with Crippen molar-refractivity contribution in [2.45, 2.75) is 62.2 Å². The van der Waals surface area contributed by atoms with Gasteiger partial charge in [0.15, 0.2) is 0 Å². The fourth-order valence-electron chi connectivity index (χ4n) is 5.47. The summed E-state index contributed by atoms with van der Waals surface area (Å²) in [6, 6.07) is 30.3. The van der Waals surface area contributed by atoms with Gasteiger partial charge in [0, 0.05) is 9.79 Å². The monoisotopic (exact) mass is 458 g/mol. The molecule has 0 fully saturated rings.